The van der Waals surface area contributed by atoms with Crippen LogP contribution in [0.1, 0.15) is 44.6 Å². The zero-order chi connectivity index (χ0) is 14.3. The van der Waals surface area contributed by atoms with Crippen LogP contribution in [0.15, 0.2) is 18.2 Å². The van der Waals surface area contributed by atoms with Crippen LogP contribution >= 0.6 is 0 Å². The lowest BCUT2D eigenvalue weighted by atomic mass is 10.1. The molecule has 0 bridgehead atoms. The Labute approximate surface area is 111 Å². The van der Waals surface area contributed by atoms with E-state index in [9.17, 15) is 13.2 Å². The molecule has 5 heteroatoms. The van der Waals surface area contributed by atoms with E-state index in [1.807, 2.05) is 0 Å². The van der Waals surface area contributed by atoms with E-state index in [2.05, 4.69) is 6.92 Å². The molecule has 0 unspecified atom stereocenters. The molecule has 1 aromatic carbocycles. The summed E-state index contributed by atoms with van der Waals surface area (Å²) in [6, 6.07) is 3.04. The maximum atomic E-state index is 12.7. The van der Waals surface area contributed by atoms with Crippen molar-refractivity contribution in [2.45, 2.75) is 45.2 Å². The lowest BCUT2D eigenvalue weighted by Crippen LogP contribution is -2.09. The molecule has 1 aromatic rings. The Bertz CT molecular complexity index is 389. The lowest BCUT2D eigenvalue weighted by Gasteiger charge is -2.14. The molecule has 0 heterocycles. The highest BCUT2D eigenvalue weighted by molar-refractivity contribution is 5.41. The first-order valence-corrected chi connectivity index (χ1v) is 6.48. The molecule has 1 N–H and O–H groups in total. The van der Waals surface area contributed by atoms with Crippen LogP contribution in [0, 0.1) is 0 Å². The van der Waals surface area contributed by atoms with Gasteiger partial charge in [-0.1, -0.05) is 32.6 Å². The highest BCUT2D eigenvalue weighted by Crippen LogP contribution is 2.38. The molecule has 0 amide bonds. The van der Waals surface area contributed by atoms with Crippen molar-refractivity contribution in [3.8, 4) is 11.5 Å². The highest BCUT2D eigenvalue weighted by atomic mass is 19.4. The van der Waals surface area contributed by atoms with Crippen LogP contribution in [-0.4, -0.2) is 11.7 Å². The van der Waals surface area contributed by atoms with Gasteiger partial charge in [0.1, 0.15) is 17.1 Å². The molecule has 2 nitrogen and oxygen atoms in total. The third kappa shape index (κ3) is 5.41. The van der Waals surface area contributed by atoms with Crippen molar-refractivity contribution in [1.82, 2.24) is 0 Å². The van der Waals surface area contributed by atoms with E-state index < -0.39 is 17.5 Å². The van der Waals surface area contributed by atoms with E-state index >= 15 is 0 Å². The van der Waals surface area contributed by atoms with Gasteiger partial charge < -0.3 is 9.84 Å². The van der Waals surface area contributed by atoms with Gasteiger partial charge in [-0.3, -0.25) is 0 Å². The van der Waals surface area contributed by atoms with E-state index in [0.29, 0.717) is 6.07 Å². The van der Waals surface area contributed by atoms with Crippen molar-refractivity contribution in [3.63, 3.8) is 0 Å². The summed E-state index contributed by atoms with van der Waals surface area (Å²) in [6.07, 6.45) is 0.493. The molecule has 0 radical (unpaired) electrons. The summed E-state index contributed by atoms with van der Waals surface area (Å²) < 4.78 is 43.3. The molecule has 0 saturated heterocycles. The number of phenolic OH excluding ortho intramolecular Hbond substituents is 1. The van der Waals surface area contributed by atoms with Crippen molar-refractivity contribution in [1.29, 1.82) is 0 Å². The van der Waals surface area contributed by atoms with Crippen molar-refractivity contribution in [2.75, 3.05) is 6.61 Å². The Morgan fingerprint density at radius 3 is 2.42 bits per heavy atom. The number of hydrogen-bond acceptors (Lipinski definition) is 2. The predicted octanol–water partition coefficient (Wildman–Crippen LogP) is 4.76. The van der Waals surface area contributed by atoms with Crippen LogP contribution in [0.3, 0.4) is 0 Å². The fourth-order valence-electron chi connectivity index (χ4n) is 1.75. The molecule has 19 heavy (non-hydrogen) atoms. The zero-order valence-corrected chi connectivity index (χ0v) is 11.0. The Kier molecular flexibility index (Phi) is 5.99. The summed E-state index contributed by atoms with van der Waals surface area (Å²) >= 11 is 0. The number of benzene rings is 1. The van der Waals surface area contributed by atoms with Crippen molar-refractivity contribution in [3.05, 3.63) is 23.8 Å². The monoisotopic (exact) mass is 276 g/mol. The molecular formula is C14H19F3O2. The van der Waals surface area contributed by atoms with Gasteiger partial charge in [0.2, 0.25) is 0 Å². The van der Waals surface area contributed by atoms with Crippen molar-refractivity contribution in [2.24, 2.45) is 0 Å². The Morgan fingerprint density at radius 2 is 1.79 bits per heavy atom. The van der Waals surface area contributed by atoms with Crippen LogP contribution in [-0.2, 0) is 6.18 Å². The summed E-state index contributed by atoms with van der Waals surface area (Å²) in [5, 5.41) is 9.11. The van der Waals surface area contributed by atoms with Gasteiger partial charge >= 0.3 is 6.18 Å². The third-order valence-electron chi connectivity index (χ3n) is 2.77. The van der Waals surface area contributed by atoms with Crippen molar-refractivity contribution >= 4 is 0 Å². The van der Waals surface area contributed by atoms with Crippen LogP contribution in [0.4, 0.5) is 13.2 Å². The summed E-state index contributed by atoms with van der Waals surface area (Å²) in [5.41, 5.74) is -0.930. The number of ether oxygens (including phenoxy) is 1. The van der Waals surface area contributed by atoms with E-state index in [4.69, 9.17) is 9.84 Å². The number of phenols is 1. The lowest BCUT2D eigenvalue weighted by molar-refractivity contribution is -0.139. The van der Waals surface area contributed by atoms with Crippen LogP contribution < -0.4 is 4.74 Å². The first-order chi connectivity index (χ1) is 8.95. The summed E-state index contributed by atoms with van der Waals surface area (Å²) in [6.45, 7) is 2.36. The third-order valence-corrected chi connectivity index (χ3v) is 2.77. The van der Waals surface area contributed by atoms with E-state index in [-0.39, 0.29) is 12.4 Å². The quantitative estimate of drug-likeness (QED) is 0.727. The largest absolute Gasteiger partial charge is 0.508 e. The average Bonchev–Trinajstić information content (AvgIpc) is 2.34. The minimum Gasteiger partial charge on any atom is -0.508 e. The van der Waals surface area contributed by atoms with Gasteiger partial charge in [0.05, 0.1) is 6.61 Å². The van der Waals surface area contributed by atoms with Crippen LogP contribution in [0.25, 0.3) is 0 Å². The molecule has 0 aliphatic heterocycles. The molecule has 0 aliphatic rings. The van der Waals surface area contributed by atoms with Crippen molar-refractivity contribution < 1.29 is 23.0 Å². The van der Waals surface area contributed by atoms with Gasteiger partial charge in [-0.15, -0.1) is 0 Å². The SMILES string of the molecule is CCCCCCCOc1ccc(O)cc1C(F)(F)F. The Hall–Kier alpha value is -1.39. The number of aromatic hydroxyl groups is 1. The van der Waals surface area contributed by atoms with Gasteiger partial charge in [0.15, 0.2) is 0 Å². The second-order valence-corrected chi connectivity index (χ2v) is 4.44. The van der Waals surface area contributed by atoms with Gasteiger partial charge in [-0.25, -0.2) is 0 Å². The first-order valence-electron chi connectivity index (χ1n) is 6.48. The van der Waals surface area contributed by atoms with Gasteiger partial charge in [-0.2, -0.15) is 13.2 Å². The molecule has 0 atom stereocenters. The Morgan fingerprint density at radius 1 is 1.11 bits per heavy atom. The fourth-order valence-corrected chi connectivity index (χ4v) is 1.75. The number of rotatable bonds is 7. The smallest absolute Gasteiger partial charge is 0.420 e. The Balaban J connectivity index is 2.54. The molecule has 0 aliphatic carbocycles. The van der Waals surface area contributed by atoms with Crippen LogP contribution in [0.2, 0.25) is 0 Å². The fraction of sp³-hybridized carbons (Fsp3) is 0.571. The maximum Gasteiger partial charge on any atom is 0.420 e. The first kappa shape index (κ1) is 15.7. The van der Waals surface area contributed by atoms with Gasteiger partial charge in [0.25, 0.3) is 0 Å². The molecular weight excluding hydrogens is 257 g/mol. The summed E-state index contributed by atoms with van der Waals surface area (Å²) in [7, 11) is 0. The normalized spacial score (nSPS) is 11.6. The van der Waals surface area contributed by atoms with E-state index in [1.54, 1.807) is 0 Å². The second-order valence-electron chi connectivity index (χ2n) is 4.44. The van der Waals surface area contributed by atoms with Gasteiger partial charge in [0, 0.05) is 0 Å². The van der Waals surface area contributed by atoms with Crippen LogP contribution in [0.5, 0.6) is 11.5 Å². The predicted molar refractivity (Wildman–Crippen MR) is 67.4 cm³/mol. The molecule has 0 fully saturated rings. The van der Waals surface area contributed by atoms with E-state index in [0.717, 1.165) is 38.2 Å². The maximum absolute atomic E-state index is 12.7. The molecule has 0 aromatic heterocycles. The second kappa shape index (κ2) is 7.26. The molecule has 1 rings (SSSR count). The average molecular weight is 276 g/mol. The minimum atomic E-state index is -4.52. The zero-order valence-electron chi connectivity index (χ0n) is 11.0. The molecule has 108 valence electrons. The van der Waals surface area contributed by atoms with E-state index in [1.165, 1.54) is 6.07 Å². The highest BCUT2D eigenvalue weighted by Gasteiger charge is 2.34. The number of alkyl halides is 3. The topological polar surface area (TPSA) is 29.5 Å². The number of halogens is 3. The minimum absolute atomic E-state index is 0.221. The summed E-state index contributed by atoms with van der Waals surface area (Å²) in [4.78, 5) is 0. The molecule has 0 spiro atoms. The number of unbranched alkanes of at least 4 members (excludes halogenated alkanes) is 4. The molecule has 0 saturated carbocycles. The van der Waals surface area contributed by atoms with Gasteiger partial charge in [-0.05, 0) is 24.6 Å². The standard InChI is InChI=1S/C14H19F3O2/c1-2-3-4-5-6-9-19-13-8-7-11(18)10-12(13)14(15,16)17/h7-8,10,18H,2-6,9H2,1H3. The summed E-state index contributed by atoms with van der Waals surface area (Å²) in [5.74, 6) is -0.636. The number of hydrogen-bond donors (Lipinski definition) is 1.